The van der Waals surface area contributed by atoms with Crippen LogP contribution in [-0.4, -0.2) is 41.7 Å². The van der Waals surface area contributed by atoms with Crippen molar-refractivity contribution in [1.82, 2.24) is 10.6 Å². The Kier molecular flexibility index (Phi) is 6.24. The van der Waals surface area contributed by atoms with Crippen molar-refractivity contribution in [2.75, 3.05) is 6.54 Å². The fraction of sp³-hybridized carbons (Fsp3) is 0.846. The maximum Gasteiger partial charge on any atom is 0.326 e. The number of carbonyl (C=O) groups is 2. The van der Waals surface area contributed by atoms with Gasteiger partial charge in [0.15, 0.2) is 0 Å². The first-order valence-electron chi connectivity index (χ1n) is 6.97. The van der Waals surface area contributed by atoms with Gasteiger partial charge in [0.1, 0.15) is 6.04 Å². The third-order valence-corrected chi connectivity index (χ3v) is 3.86. The van der Waals surface area contributed by atoms with Gasteiger partial charge < -0.3 is 21.5 Å². The molecular weight excluding hydrogens is 246 g/mol. The normalized spacial score (nSPS) is 23.6. The van der Waals surface area contributed by atoms with E-state index in [1.165, 1.54) is 0 Å². The van der Waals surface area contributed by atoms with Crippen LogP contribution in [0.4, 0.5) is 0 Å². The molecule has 5 N–H and O–H groups in total. The molecule has 1 rings (SSSR count). The van der Waals surface area contributed by atoms with Gasteiger partial charge in [-0.05, 0) is 31.7 Å². The van der Waals surface area contributed by atoms with Gasteiger partial charge >= 0.3 is 5.97 Å². The van der Waals surface area contributed by atoms with Gasteiger partial charge in [0.2, 0.25) is 5.91 Å². The second kappa shape index (κ2) is 7.45. The van der Waals surface area contributed by atoms with Crippen molar-refractivity contribution in [3.63, 3.8) is 0 Å². The van der Waals surface area contributed by atoms with Crippen LogP contribution in [0, 0.1) is 5.92 Å². The highest BCUT2D eigenvalue weighted by Crippen LogP contribution is 2.12. The average molecular weight is 271 g/mol. The van der Waals surface area contributed by atoms with E-state index >= 15 is 0 Å². The second-order valence-electron chi connectivity index (χ2n) is 5.34. The molecule has 19 heavy (non-hydrogen) atoms. The van der Waals surface area contributed by atoms with E-state index in [9.17, 15) is 14.7 Å². The van der Waals surface area contributed by atoms with E-state index in [-0.39, 0.29) is 17.9 Å². The number of carboxylic acid groups (broad SMARTS) is 1. The third-order valence-electron chi connectivity index (χ3n) is 3.86. The number of nitrogens with two attached hydrogens (primary N) is 1. The summed E-state index contributed by atoms with van der Waals surface area (Å²) in [7, 11) is 0. The lowest BCUT2D eigenvalue weighted by Crippen LogP contribution is -2.52. The number of carboxylic acids is 1. The molecule has 0 aromatic heterocycles. The quantitative estimate of drug-likeness (QED) is 0.524. The standard InChI is InChI=1S/C13H25N3O3/c1-3-8(2)11(14)12(17)16-10(13(18)19)7-9-5-4-6-15-9/h8-11,15H,3-7,14H2,1-2H3,(H,16,17)(H,18,19)/t8?,9?,10?,11-/m0/s1. The van der Waals surface area contributed by atoms with Gasteiger partial charge in [0, 0.05) is 6.04 Å². The monoisotopic (exact) mass is 271 g/mol. The Labute approximate surface area is 114 Å². The van der Waals surface area contributed by atoms with Crippen LogP contribution in [0.25, 0.3) is 0 Å². The third kappa shape index (κ3) is 4.80. The molecule has 0 radical (unpaired) electrons. The molecule has 3 unspecified atom stereocenters. The zero-order valence-corrected chi connectivity index (χ0v) is 11.7. The molecule has 1 aliphatic rings. The molecule has 0 aromatic rings. The van der Waals surface area contributed by atoms with Gasteiger partial charge in [-0.3, -0.25) is 4.79 Å². The Morgan fingerprint density at radius 1 is 1.53 bits per heavy atom. The molecule has 6 heteroatoms. The smallest absolute Gasteiger partial charge is 0.326 e. The SMILES string of the molecule is CCC(C)[C@H](N)C(=O)NC(CC1CCCN1)C(=O)O. The fourth-order valence-electron chi connectivity index (χ4n) is 2.24. The number of nitrogens with one attached hydrogen (secondary N) is 2. The van der Waals surface area contributed by atoms with Crippen LogP contribution in [0.2, 0.25) is 0 Å². The minimum atomic E-state index is -1.00. The Morgan fingerprint density at radius 2 is 2.21 bits per heavy atom. The largest absolute Gasteiger partial charge is 0.480 e. The van der Waals surface area contributed by atoms with E-state index in [0.717, 1.165) is 25.8 Å². The first-order chi connectivity index (χ1) is 8.95. The number of hydrogen-bond acceptors (Lipinski definition) is 4. The summed E-state index contributed by atoms with van der Waals surface area (Å²) < 4.78 is 0. The molecular formula is C13H25N3O3. The lowest BCUT2D eigenvalue weighted by Gasteiger charge is -2.23. The molecule has 1 fully saturated rings. The van der Waals surface area contributed by atoms with Gasteiger partial charge in [0.05, 0.1) is 6.04 Å². The van der Waals surface area contributed by atoms with Crippen molar-refractivity contribution < 1.29 is 14.7 Å². The van der Waals surface area contributed by atoms with Gasteiger partial charge in [-0.1, -0.05) is 20.3 Å². The average Bonchev–Trinajstić information content (AvgIpc) is 2.88. The van der Waals surface area contributed by atoms with Crippen molar-refractivity contribution in [1.29, 1.82) is 0 Å². The molecule has 4 atom stereocenters. The lowest BCUT2D eigenvalue weighted by molar-refractivity contribution is -0.142. The Morgan fingerprint density at radius 3 is 2.68 bits per heavy atom. The highest BCUT2D eigenvalue weighted by atomic mass is 16.4. The predicted octanol–water partition coefficient (Wildman–Crippen LogP) is 0.0713. The van der Waals surface area contributed by atoms with Crippen LogP contribution in [0.5, 0.6) is 0 Å². The molecule has 1 heterocycles. The number of carbonyl (C=O) groups excluding carboxylic acids is 1. The second-order valence-corrected chi connectivity index (χ2v) is 5.34. The lowest BCUT2D eigenvalue weighted by atomic mass is 9.98. The summed E-state index contributed by atoms with van der Waals surface area (Å²) in [6.45, 7) is 4.75. The summed E-state index contributed by atoms with van der Waals surface area (Å²) >= 11 is 0. The Balaban J connectivity index is 2.52. The maximum absolute atomic E-state index is 11.9. The molecule has 0 aliphatic carbocycles. The summed E-state index contributed by atoms with van der Waals surface area (Å²) in [5.41, 5.74) is 5.81. The zero-order chi connectivity index (χ0) is 14.4. The van der Waals surface area contributed by atoms with Crippen molar-refractivity contribution in [3.8, 4) is 0 Å². The number of amides is 1. The van der Waals surface area contributed by atoms with E-state index in [2.05, 4.69) is 10.6 Å². The van der Waals surface area contributed by atoms with E-state index < -0.39 is 18.1 Å². The van der Waals surface area contributed by atoms with Crippen LogP contribution >= 0.6 is 0 Å². The number of aliphatic carboxylic acids is 1. The summed E-state index contributed by atoms with van der Waals surface area (Å²) in [6.07, 6.45) is 3.21. The Hall–Kier alpha value is -1.14. The minimum absolute atomic E-state index is 0.0408. The van der Waals surface area contributed by atoms with Crippen molar-refractivity contribution >= 4 is 11.9 Å². The Bertz CT molecular complexity index is 316. The first kappa shape index (κ1) is 15.9. The van der Waals surface area contributed by atoms with E-state index in [0.29, 0.717) is 6.42 Å². The highest BCUT2D eigenvalue weighted by molar-refractivity contribution is 5.86. The van der Waals surface area contributed by atoms with Crippen LogP contribution in [-0.2, 0) is 9.59 Å². The van der Waals surface area contributed by atoms with Gasteiger partial charge in [0.25, 0.3) is 0 Å². The summed E-state index contributed by atoms with van der Waals surface area (Å²) in [5, 5.41) is 15.0. The topological polar surface area (TPSA) is 104 Å². The van der Waals surface area contributed by atoms with Crippen molar-refractivity contribution in [2.45, 2.75) is 57.7 Å². The molecule has 0 spiro atoms. The van der Waals surface area contributed by atoms with Crippen LogP contribution in [0.3, 0.4) is 0 Å². The van der Waals surface area contributed by atoms with E-state index in [1.54, 1.807) is 0 Å². The van der Waals surface area contributed by atoms with Gasteiger partial charge in [-0.15, -0.1) is 0 Å². The molecule has 0 saturated carbocycles. The molecule has 0 aromatic carbocycles. The zero-order valence-electron chi connectivity index (χ0n) is 11.7. The maximum atomic E-state index is 11.9. The minimum Gasteiger partial charge on any atom is -0.480 e. The number of rotatable bonds is 7. The molecule has 0 bridgehead atoms. The van der Waals surface area contributed by atoms with Crippen molar-refractivity contribution in [2.24, 2.45) is 11.7 Å². The molecule has 1 aliphatic heterocycles. The van der Waals surface area contributed by atoms with Gasteiger partial charge in [-0.2, -0.15) is 0 Å². The molecule has 6 nitrogen and oxygen atoms in total. The first-order valence-corrected chi connectivity index (χ1v) is 6.97. The number of hydrogen-bond donors (Lipinski definition) is 4. The van der Waals surface area contributed by atoms with Crippen molar-refractivity contribution in [3.05, 3.63) is 0 Å². The highest BCUT2D eigenvalue weighted by Gasteiger charge is 2.28. The van der Waals surface area contributed by atoms with Crippen LogP contribution in [0.1, 0.15) is 39.5 Å². The van der Waals surface area contributed by atoms with Gasteiger partial charge in [-0.25, -0.2) is 4.79 Å². The van der Waals surface area contributed by atoms with Crippen LogP contribution < -0.4 is 16.4 Å². The van der Waals surface area contributed by atoms with E-state index in [4.69, 9.17) is 5.73 Å². The summed E-state index contributed by atoms with van der Waals surface area (Å²) in [5.74, 6) is -1.34. The van der Waals surface area contributed by atoms with Crippen LogP contribution in [0.15, 0.2) is 0 Å². The molecule has 1 amide bonds. The summed E-state index contributed by atoms with van der Waals surface area (Å²) in [4.78, 5) is 23.1. The van der Waals surface area contributed by atoms with E-state index in [1.807, 2.05) is 13.8 Å². The molecule has 1 saturated heterocycles. The summed E-state index contributed by atoms with van der Waals surface area (Å²) in [6, 6.07) is -1.34. The fourth-order valence-corrected chi connectivity index (χ4v) is 2.24. The molecule has 110 valence electrons. The predicted molar refractivity (Wildman–Crippen MR) is 72.6 cm³/mol.